The second-order valence-electron chi connectivity index (χ2n) is 16.6. The van der Waals surface area contributed by atoms with E-state index < -0.39 is 11.0 Å². The number of nitrogens with zero attached hydrogens (tertiary/aromatic N) is 1. The summed E-state index contributed by atoms with van der Waals surface area (Å²) in [6.45, 7) is 28.6. The third kappa shape index (κ3) is 2.69. The van der Waals surface area contributed by atoms with E-state index in [0.717, 1.165) is 32.1 Å². The lowest BCUT2D eigenvalue weighted by molar-refractivity contribution is -0.211. The van der Waals surface area contributed by atoms with E-state index in [1.165, 1.54) is 18.4 Å². The highest BCUT2D eigenvalue weighted by molar-refractivity contribution is 6.01. The van der Waals surface area contributed by atoms with Crippen LogP contribution >= 0.6 is 0 Å². The zero-order chi connectivity index (χ0) is 27.9. The van der Waals surface area contributed by atoms with Crippen molar-refractivity contribution >= 4 is 5.78 Å². The number of carbonyl (C=O) groups excluding carboxylic acids is 1. The van der Waals surface area contributed by atoms with Crippen LogP contribution in [-0.2, 0) is 9.53 Å². The number of rotatable bonds is 1. The first-order valence-electron chi connectivity index (χ1n) is 15.2. The zero-order valence-corrected chi connectivity index (χ0v) is 25.3. The van der Waals surface area contributed by atoms with Crippen LogP contribution in [0.15, 0.2) is 23.1 Å². The van der Waals surface area contributed by atoms with Gasteiger partial charge in [-0.3, -0.25) is 4.79 Å². The first kappa shape index (κ1) is 26.6. The summed E-state index contributed by atoms with van der Waals surface area (Å²) in [7, 11) is 0. The molecule has 1 unspecified atom stereocenters. The molecule has 1 aliphatic heterocycles. The van der Waals surface area contributed by atoms with Crippen molar-refractivity contribution in [1.29, 1.82) is 0 Å². The van der Waals surface area contributed by atoms with Crippen LogP contribution in [-0.4, -0.2) is 22.6 Å². The molecule has 0 radical (unpaired) electrons. The van der Waals surface area contributed by atoms with Gasteiger partial charge >= 0.3 is 0 Å². The standard InChI is InChI=1S/C34H49NO3/c1-20(2)27-33-15-13-28(3,4)19-24(33)34(38-27)25(36)17-23-30(7)18-21(35-10)26(37)29(5,6)22(30)11-12-31(23,8)32(34,9)14-16-33/h17,20,22,24,27,37H,11-16,18-19H2,1-9H3/t22-,24+,27?,30-,31+,32-,33-,34+/m0/s1. The Kier molecular flexibility index (Phi) is 5.16. The normalized spacial score (nSPS) is 50.4. The molecule has 1 heterocycles. The van der Waals surface area contributed by atoms with Crippen LogP contribution in [0, 0.1) is 56.8 Å². The van der Waals surface area contributed by atoms with E-state index in [9.17, 15) is 9.90 Å². The maximum Gasteiger partial charge on any atom is 0.203 e. The van der Waals surface area contributed by atoms with Crippen LogP contribution in [0.1, 0.15) is 114 Å². The van der Waals surface area contributed by atoms with Crippen molar-refractivity contribution in [2.45, 2.75) is 125 Å². The van der Waals surface area contributed by atoms with Crippen molar-refractivity contribution < 1.29 is 14.6 Å². The van der Waals surface area contributed by atoms with Gasteiger partial charge in [-0.25, -0.2) is 4.85 Å². The maximum atomic E-state index is 14.9. The minimum atomic E-state index is -0.774. The first-order chi connectivity index (χ1) is 17.5. The Bertz CT molecular complexity index is 1220. The molecular formula is C34H49NO3. The van der Waals surface area contributed by atoms with E-state index in [2.05, 4.69) is 67.2 Å². The number of allylic oxidation sites excluding steroid dienone is 3. The Labute approximate surface area is 230 Å². The Morgan fingerprint density at radius 3 is 2.29 bits per heavy atom. The molecule has 0 aromatic carbocycles. The Morgan fingerprint density at radius 1 is 1.00 bits per heavy atom. The molecule has 5 aliphatic carbocycles. The fourth-order valence-corrected chi connectivity index (χ4v) is 11.8. The molecule has 4 heteroatoms. The fraction of sp³-hybridized carbons (Fsp3) is 0.824. The number of hydrogen-bond acceptors (Lipinski definition) is 3. The van der Waals surface area contributed by atoms with E-state index >= 15 is 0 Å². The molecule has 38 heavy (non-hydrogen) atoms. The average molecular weight is 520 g/mol. The predicted octanol–water partition coefficient (Wildman–Crippen LogP) is 8.44. The smallest absolute Gasteiger partial charge is 0.203 e. The van der Waals surface area contributed by atoms with Crippen molar-refractivity contribution in [3.63, 3.8) is 0 Å². The van der Waals surface area contributed by atoms with E-state index in [1.807, 2.05) is 6.08 Å². The SMILES string of the molecule is [C-]#[N+]C1=C(O)C(C)(C)[C@@H]2CC[C@]3(C)C(=CC(=O)[C@]45OC(C(C)C)[C@@]6(CCC(C)(C)C[C@H]64)CC[C@@]35C)[C@@]2(C)C1. The minimum absolute atomic E-state index is 0.0975. The summed E-state index contributed by atoms with van der Waals surface area (Å²) in [4.78, 5) is 18.7. The van der Waals surface area contributed by atoms with Crippen LogP contribution in [0.25, 0.3) is 4.85 Å². The molecule has 1 N–H and O–H groups in total. The summed E-state index contributed by atoms with van der Waals surface area (Å²) in [5.74, 6) is 1.28. The second-order valence-corrected chi connectivity index (χ2v) is 16.6. The third-order valence-corrected chi connectivity index (χ3v) is 13.8. The van der Waals surface area contributed by atoms with Gasteiger partial charge in [-0.2, -0.15) is 0 Å². The van der Waals surface area contributed by atoms with Gasteiger partial charge in [0, 0.05) is 22.2 Å². The highest BCUT2D eigenvalue weighted by atomic mass is 16.5. The van der Waals surface area contributed by atoms with Crippen LogP contribution < -0.4 is 0 Å². The van der Waals surface area contributed by atoms with Crippen LogP contribution in [0.5, 0.6) is 0 Å². The van der Waals surface area contributed by atoms with Crippen molar-refractivity contribution in [3.8, 4) is 0 Å². The molecule has 1 saturated heterocycles. The van der Waals surface area contributed by atoms with Crippen molar-refractivity contribution in [3.05, 3.63) is 34.5 Å². The highest BCUT2D eigenvalue weighted by Gasteiger charge is 2.81. The summed E-state index contributed by atoms with van der Waals surface area (Å²) in [6, 6.07) is 0. The molecule has 4 nitrogen and oxygen atoms in total. The summed E-state index contributed by atoms with van der Waals surface area (Å²) < 4.78 is 7.38. The average Bonchev–Trinajstić information content (AvgIpc) is 3.05. The van der Waals surface area contributed by atoms with Crippen LogP contribution in [0.4, 0.5) is 0 Å². The highest BCUT2D eigenvalue weighted by Crippen LogP contribution is 2.80. The van der Waals surface area contributed by atoms with Gasteiger partial charge in [0.25, 0.3) is 0 Å². The second kappa shape index (κ2) is 7.37. The molecule has 2 bridgehead atoms. The lowest BCUT2D eigenvalue weighted by Gasteiger charge is -2.70. The number of aliphatic hydroxyl groups is 1. The lowest BCUT2D eigenvalue weighted by Crippen LogP contribution is -2.71. The number of carbonyl (C=O) groups is 1. The number of ketones is 1. The van der Waals surface area contributed by atoms with Gasteiger partial charge in [0.15, 0.2) is 5.78 Å². The number of fused-ring (bicyclic) bond motifs is 4. The van der Waals surface area contributed by atoms with Crippen LogP contribution in [0.3, 0.4) is 0 Å². The molecule has 4 fully saturated rings. The summed E-state index contributed by atoms with van der Waals surface area (Å²) >= 11 is 0. The lowest BCUT2D eigenvalue weighted by atomic mass is 9.33. The maximum absolute atomic E-state index is 14.9. The first-order valence-corrected chi connectivity index (χ1v) is 15.2. The molecule has 0 amide bonds. The van der Waals surface area contributed by atoms with Gasteiger partial charge in [0.1, 0.15) is 11.4 Å². The largest absolute Gasteiger partial charge is 0.523 e. The number of aliphatic hydroxyl groups excluding tert-OH is 1. The van der Waals surface area contributed by atoms with E-state index in [1.54, 1.807) is 0 Å². The van der Waals surface area contributed by atoms with Gasteiger partial charge < -0.3 is 9.84 Å². The molecule has 0 aromatic heterocycles. The molecule has 1 spiro atoms. The van der Waals surface area contributed by atoms with Gasteiger partial charge in [-0.1, -0.05) is 67.9 Å². The minimum Gasteiger partial charge on any atom is -0.523 e. The van der Waals surface area contributed by atoms with Gasteiger partial charge in [0.2, 0.25) is 5.70 Å². The van der Waals surface area contributed by atoms with E-state index in [0.29, 0.717) is 18.0 Å². The predicted molar refractivity (Wildman–Crippen MR) is 150 cm³/mol. The molecule has 6 rings (SSSR count). The molecule has 3 saturated carbocycles. The fourth-order valence-electron chi connectivity index (χ4n) is 11.8. The van der Waals surface area contributed by atoms with E-state index in [-0.39, 0.29) is 56.6 Å². The Hall–Kier alpha value is -1.60. The third-order valence-electron chi connectivity index (χ3n) is 13.8. The van der Waals surface area contributed by atoms with E-state index in [4.69, 9.17) is 11.3 Å². The van der Waals surface area contributed by atoms with Gasteiger partial charge in [0.05, 0.1) is 12.7 Å². The molecule has 208 valence electrons. The van der Waals surface area contributed by atoms with Gasteiger partial charge in [-0.15, -0.1) is 0 Å². The zero-order valence-electron chi connectivity index (χ0n) is 25.3. The van der Waals surface area contributed by atoms with Crippen molar-refractivity contribution in [2.24, 2.45) is 50.2 Å². The molecular weight excluding hydrogens is 470 g/mol. The molecule has 8 atom stereocenters. The summed E-state index contributed by atoms with van der Waals surface area (Å²) in [5.41, 5.74) is -0.0669. The Morgan fingerprint density at radius 2 is 1.66 bits per heavy atom. The number of ether oxygens (including phenoxy) is 1. The molecule has 6 aliphatic rings. The quantitative estimate of drug-likeness (QED) is 0.354. The monoisotopic (exact) mass is 519 g/mol. The molecule has 0 aromatic rings. The summed E-state index contributed by atoms with van der Waals surface area (Å²) in [5, 5.41) is 11.1. The van der Waals surface area contributed by atoms with Crippen molar-refractivity contribution in [1.82, 2.24) is 0 Å². The summed E-state index contributed by atoms with van der Waals surface area (Å²) in [6.07, 6.45) is 10.3. The van der Waals surface area contributed by atoms with Crippen molar-refractivity contribution in [2.75, 3.05) is 0 Å². The van der Waals surface area contributed by atoms with Gasteiger partial charge in [-0.05, 0) is 85.5 Å². The van der Waals surface area contributed by atoms with Crippen LogP contribution in [0.2, 0.25) is 0 Å². The topological polar surface area (TPSA) is 50.9 Å². The number of hydrogen-bond donors (Lipinski definition) is 1. The Balaban J connectivity index is 1.58.